The number of halogens is 2. The summed E-state index contributed by atoms with van der Waals surface area (Å²) in [4.78, 5) is 12.0. The van der Waals surface area contributed by atoms with Crippen LogP contribution in [0.4, 0.5) is 0 Å². The van der Waals surface area contributed by atoms with Crippen molar-refractivity contribution in [1.82, 2.24) is 5.43 Å². The normalized spacial score (nSPS) is 11.1. The smallest absolute Gasteiger partial charge is 0.277 e. The molecule has 1 heterocycles. The van der Waals surface area contributed by atoms with Crippen molar-refractivity contribution >= 4 is 35.3 Å². The molecule has 3 rings (SSSR count). The maximum Gasteiger partial charge on any atom is 0.277 e. The van der Waals surface area contributed by atoms with Crippen LogP contribution in [0.1, 0.15) is 22.5 Å². The summed E-state index contributed by atoms with van der Waals surface area (Å²) < 4.78 is 11.3. The van der Waals surface area contributed by atoms with E-state index >= 15 is 0 Å². The van der Waals surface area contributed by atoms with Crippen molar-refractivity contribution in [3.63, 3.8) is 0 Å². The number of hydrogen-bond acceptors (Lipinski definition) is 4. The highest BCUT2D eigenvalue weighted by atomic mass is 35.5. The number of furan rings is 1. The average Bonchev–Trinajstić information content (AvgIpc) is 3.15. The van der Waals surface area contributed by atoms with Crippen LogP contribution in [-0.2, 0) is 4.79 Å². The Hall–Kier alpha value is -2.76. The Labute approximate surface area is 179 Å². The summed E-state index contributed by atoms with van der Waals surface area (Å²) in [5.74, 6) is 1.37. The van der Waals surface area contributed by atoms with Gasteiger partial charge in [0.15, 0.2) is 6.61 Å². The first-order valence-electron chi connectivity index (χ1n) is 8.92. The molecule has 7 heteroatoms. The van der Waals surface area contributed by atoms with Gasteiger partial charge >= 0.3 is 0 Å². The molecule has 1 aromatic heterocycles. The fraction of sp³-hybridized carbons (Fsp3) is 0.182. The maximum absolute atomic E-state index is 12.0. The summed E-state index contributed by atoms with van der Waals surface area (Å²) in [6, 6.07) is 12.8. The lowest BCUT2D eigenvalue weighted by Crippen LogP contribution is -2.25. The number of rotatable bonds is 6. The van der Waals surface area contributed by atoms with Gasteiger partial charge in [-0.15, -0.1) is 0 Å². The van der Waals surface area contributed by atoms with E-state index in [4.69, 9.17) is 32.4 Å². The molecule has 2 aromatic carbocycles. The number of aryl methyl sites for hydroxylation is 2. The molecule has 0 spiro atoms. The van der Waals surface area contributed by atoms with Crippen molar-refractivity contribution in [3.8, 4) is 17.1 Å². The molecule has 150 valence electrons. The number of ether oxygens (including phenoxy) is 1. The first-order valence-corrected chi connectivity index (χ1v) is 9.68. The van der Waals surface area contributed by atoms with Crippen LogP contribution in [0.15, 0.2) is 52.0 Å². The summed E-state index contributed by atoms with van der Waals surface area (Å²) in [6.45, 7) is 5.77. The van der Waals surface area contributed by atoms with Crippen LogP contribution in [0.25, 0.3) is 11.3 Å². The third-order valence-corrected chi connectivity index (χ3v) is 5.26. The zero-order valence-electron chi connectivity index (χ0n) is 16.3. The predicted octanol–water partition coefficient (Wildman–Crippen LogP) is 5.71. The number of hydrogen-bond donors (Lipinski definition) is 1. The van der Waals surface area contributed by atoms with Crippen molar-refractivity contribution in [2.75, 3.05) is 6.61 Å². The quantitative estimate of drug-likeness (QED) is 0.402. The average molecular weight is 431 g/mol. The summed E-state index contributed by atoms with van der Waals surface area (Å²) in [5.41, 5.74) is 6.21. The van der Waals surface area contributed by atoms with Crippen LogP contribution >= 0.6 is 23.2 Å². The molecule has 0 aliphatic carbocycles. The first-order chi connectivity index (χ1) is 13.9. The SMILES string of the molecule is Cc1ccc(C)c(OCC(=O)N/N=C\c2ccc(-c3cccc(Cl)c3Cl)o2)c1C. The number of nitrogens with zero attached hydrogens (tertiary/aromatic N) is 1. The molecular weight excluding hydrogens is 411 g/mol. The molecule has 0 aliphatic heterocycles. The lowest BCUT2D eigenvalue weighted by molar-refractivity contribution is -0.123. The van der Waals surface area contributed by atoms with Crippen LogP contribution in [0.3, 0.4) is 0 Å². The second kappa shape index (κ2) is 9.16. The van der Waals surface area contributed by atoms with Gasteiger partial charge in [-0.05, 0) is 61.7 Å². The summed E-state index contributed by atoms with van der Waals surface area (Å²) in [7, 11) is 0. The van der Waals surface area contributed by atoms with Gasteiger partial charge in [0, 0.05) is 5.56 Å². The molecule has 0 unspecified atom stereocenters. The van der Waals surface area contributed by atoms with Gasteiger partial charge in [0.05, 0.1) is 16.3 Å². The van der Waals surface area contributed by atoms with Crippen molar-refractivity contribution < 1.29 is 13.9 Å². The zero-order valence-corrected chi connectivity index (χ0v) is 17.8. The van der Waals surface area contributed by atoms with Crippen LogP contribution in [0.2, 0.25) is 10.0 Å². The summed E-state index contributed by atoms with van der Waals surface area (Å²) in [5, 5.41) is 4.77. The number of nitrogens with one attached hydrogen (secondary N) is 1. The highest BCUT2D eigenvalue weighted by Crippen LogP contribution is 2.34. The van der Waals surface area contributed by atoms with Crippen molar-refractivity contribution in [2.24, 2.45) is 5.10 Å². The van der Waals surface area contributed by atoms with Gasteiger partial charge in [-0.2, -0.15) is 5.10 Å². The Kier molecular flexibility index (Phi) is 6.62. The van der Waals surface area contributed by atoms with Gasteiger partial charge < -0.3 is 9.15 Å². The Balaban J connectivity index is 1.58. The first kappa shape index (κ1) is 21.0. The third kappa shape index (κ3) is 5.00. The fourth-order valence-corrected chi connectivity index (χ4v) is 3.14. The molecule has 0 atom stereocenters. The monoisotopic (exact) mass is 430 g/mol. The number of hydrazone groups is 1. The number of amides is 1. The second-order valence-corrected chi connectivity index (χ2v) is 7.32. The summed E-state index contributed by atoms with van der Waals surface area (Å²) >= 11 is 12.2. The Morgan fingerprint density at radius 1 is 1.10 bits per heavy atom. The minimum absolute atomic E-state index is 0.135. The lowest BCUT2D eigenvalue weighted by atomic mass is 10.1. The Bertz CT molecular complexity index is 1070. The second-order valence-electron chi connectivity index (χ2n) is 6.54. The highest BCUT2D eigenvalue weighted by molar-refractivity contribution is 6.43. The van der Waals surface area contributed by atoms with Crippen LogP contribution < -0.4 is 10.2 Å². The third-order valence-electron chi connectivity index (χ3n) is 4.45. The van der Waals surface area contributed by atoms with Gasteiger partial charge in [-0.3, -0.25) is 4.79 Å². The largest absolute Gasteiger partial charge is 0.483 e. The van der Waals surface area contributed by atoms with E-state index in [2.05, 4.69) is 10.5 Å². The van der Waals surface area contributed by atoms with Gasteiger partial charge in [0.25, 0.3) is 5.91 Å². The number of carbonyl (C=O) groups is 1. The molecule has 0 saturated heterocycles. The van der Waals surface area contributed by atoms with E-state index in [1.165, 1.54) is 6.21 Å². The Morgan fingerprint density at radius 3 is 2.66 bits per heavy atom. The molecular formula is C22H20Cl2N2O3. The van der Waals surface area contributed by atoms with E-state index in [9.17, 15) is 4.79 Å². The molecule has 29 heavy (non-hydrogen) atoms. The maximum atomic E-state index is 12.0. The van der Waals surface area contributed by atoms with E-state index in [1.54, 1.807) is 24.3 Å². The topological polar surface area (TPSA) is 63.8 Å². The fourth-order valence-electron chi connectivity index (χ4n) is 2.75. The van der Waals surface area contributed by atoms with Crippen molar-refractivity contribution in [1.29, 1.82) is 0 Å². The molecule has 0 saturated carbocycles. The molecule has 1 N–H and O–H groups in total. The van der Waals surface area contributed by atoms with Gasteiger partial charge in [0.1, 0.15) is 17.3 Å². The van der Waals surface area contributed by atoms with Gasteiger partial charge in [-0.25, -0.2) is 5.43 Å². The molecule has 0 bridgehead atoms. The molecule has 0 aliphatic rings. The summed E-state index contributed by atoms with van der Waals surface area (Å²) in [6.07, 6.45) is 1.41. The van der Waals surface area contributed by atoms with Crippen molar-refractivity contribution in [3.05, 3.63) is 75.0 Å². The minimum atomic E-state index is -0.369. The van der Waals surface area contributed by atoms with Crippen LogP contribution in [0.5, 0.6) is 5.75 Å². The molecule has 0 radical (unpaired) electrons. The minimum Gasteiger partial charge on any atom is -0.483 e. The molecule has 3 aromatic rings. The number of benzene rings is 2. The molecule has 1 amide bonds. The number of carbonyl (C=O) groups excluding carboxylic acids is 1. The van der Waals surface area contributed by atoms with Gasteiger partial charge in [0.2, 0.25) is 0 Å². The molecule has 5 nitrogen and oxygen atoms in total. The van der Waals surface area contributed by atoms with Crippen molar-refractivity contribution in [2.45, 2.75) is 20.8 Å². The van der Waals surface area contributed by atoms with E-state index in [-0.39, 0.29) is 12.5 Å². The highest BCUT2D eigenvalue weighted by Gasteiger charge is 2.11. The van der Waals surface area contributed by atoms with Gasteiger partial charge in [-0.1, -0.05) is 41.4 Å². The van der Waals surface area contributed by atoms with E-state index in [0.29, 0.717) is 27.1 Å². The Morgan fingerprint density at radius 2 is 1.86 bits per heavy atom. The van der Waals surface area contributed by atoms with E-state index < -0.39 is 0 Å². The van der Waals surface area contributed by atoms with Crippen LogP contribution in [0, 0.1) is 20.8 Å². The van der Waals surface area contributed by atoms with E-state index in [1.807, 2.05) is 39.0 Å². The lowest BCUT2D eigenvalue weighted by Gasteiger charge is -2.13. The molecule has 0 fully saturated rings. The van der Waals surface area contributed by atoms with Crippen LogP contribution in [-0.4, -0.2) is 18.7 Å². The predicted molar refractivity (Wildman–Crippen MR) is 116 cm³/mol. The zero-order chi connectivity index (χ0) is 21.0. The standard InChI is InChI=1S/C22H20Cl2N2O3/c1-13-7-8-14(2)22(15(13)3)28-12-20(27)26-25-11-16-9-10-19(29-16)17-5-4-6-18(23)21(17)24/h4-11H,12H2,1-3H3,(H,26,27)/b25-11-. The van der Waals surface area contributed by atoms with E-state index in [0.717, 1.165) is 22.4 Å².